The molecule has 1 saturated carbocycles. The number of rotatable bonds is 2. The maximum absolute atomic E-state index is 3.38. The summed E-state index contributed by atoms with van der Waals surface area (Å²) in [4.78, 5) is 0. The minimum atomic E-state index is 0.850. The van der Waals surface area contributed by atoms with E-state index in [1.165, 1.54) is 54.4 Å². The zero-order valence-corrected chi connectivity index (χ0v) is 20.5. The highest BCUT2D eigenvalue weighted by molar-refractivity contribution is 5.50. The maximum Gasteiger partial charge on any atom is 0.0254 e. The van der Waals surface area contributed by atoms with E-state index >= 15 is 0 Å². The monoisotopic (exact) mass is 430 g/mol. The first kappa shape index (κ1) is 23.0. The molecule has 1 aliphatic carbocycles. The average Bonchev–Trinajstić information content (AvgIpc) is 2.81. The molecular formula is C33H34. The molecule has 1 aliphatic rings. The Hall–Kier alpha value is -3.22. The first-order chi connectivity index (χ1) is 16.0. The Balaban J connectivity index is 1.43. The lowest BCUT2D eigenvalue weighted by Crippen LogP contribution is -2.15. The summed E-state index contributed by atoms with van der Waals surface area (Å²) in [5.74, 6) is 14.9. The molecule has 0 spiro atoms. The Morgan fingerprint density at radius 2 is 1.03 bits per heavy atom. The van der Waals surface area contributed by atoms with Gasteiger partial charge in [-0.3, -0.25) is 0 Å². The van der Waals surface area contributed by atoms with Crippen LogP contribution in [0, 0.1) is 56.3 Å². The molecule has 0 unspecified atom stereocenters. The van der Waals surface area contributed by atoms with Crippen molar-refractivity contribution in [2.45, 2.75) is 59.8 Å². The highest BCUT2D eigenvalue weighted by Crippen LogP contribution is 2.32. The second-order valence-electron chi connectivity index (χ2n) is 9.86. The third-order valence-electron chi connectivity index (χ3n) is 6.96. The van der Waals surface area contributed by atoms with E-state index < -0.39 is 0 Å². The van der Waals surface area contributed by atoms with Crippen molar-refractivity contribution in [1.82, 2.24) is 0 Å². The zero-order valence-electron chi connectivity index (χ0n) is 20.5. The van der Waals surface area contributed by atoms with Crippen molar-refractivity contribution in [3.8, 4) is 23.7 Å². The van der Waals surface area contributed by atoms with Gasteiger partial charge < -0.3 is 0 Å². The van der Waals surface area contributed by atoms with Crippen molar-refractivity contribution in [2.75, 3.05) is 0 Å². The Kier molecular flexibility index (Phi) is 7.37. The highest BCUT2D eigenvalue weighted by atomic mass is 14.2. The van der Waals surface area contributed by atoms with Gasteiger partial charge in [-0.2, -0.15) is 0 Å². The molecule has 3 aromatic carbocycles. The van der Waals surface area contributed by atoms with Gasteiger partial charge in [0.15, 0.2) is 0 Å². The highest BCUT2D eigenvalue weighted by Gasteiger charge is 2.19. The van der Waals surface area contributed by atoms with Crippen molar-refractivity contribution >= 4 is 0 Å². The van der Waals surface area contributed by atoms with E-state index in [1.54, 1.807) is 0 Å². The van der Waals surface area contributed by atoms with Crippen LogP contribution in [0.1, 0.15) is 77.1 Å². The zero-order chi connectivity index (χ0) is 23.2. The molecule has 0 heterocycles. The van der Waals surface area contributed by atoms with Gasteiger partial charge in [-0.15, -0.1) is 0 Å². The van der Waals surface area contributed by atoms with E-state index in [1.807, 2.05) is 0 Å². The fraction of sp³-hybridized carbons (Fsp3) is 0.333. The minimum absolute atomic E-state index is 0.850. The summed E-state index contributed by atoms with van der Waals surface area (Å²) in [5, 5.41) is 0. The molecule has 4 rings (SSSR count). The smallest absolute Gasteiger partial charge is 0.0254 e. The van der Waals surface area contributed by atoms with Crippen molar-refractivity contribution < 1.29 is 0 Å². The first-order valence-corrected chi connectivity index (χ1v) is 12.3. The van der Waals surface area contributed by atoms with Gasteiger partial charge in [0, 0.05) is 22.3 Å². The predicted molar refractivity (Wildman–Crippen MR) is 140 cm³/mol. The third kappa shape index (κ3) is 6.40. The summed E-state index contributed by atoms with van der Waals surface area (Å²) in [6, 6.07) is 21.1. The van der Waals surface area contributed by atoms with Crippen molar-refractivity contribution in [2.24, 2.45) is 11.8 Å². The van der Waals surface area contributed by atoms with Gasteiger partial charge in [-0.25, -0.2) is 0 Å². The summed E-state index contributed by atoms with van der Waals surface area (Å²) in [6.07, 6.45) is 6.77. The SMILES string of the molecule is Cc1ccc(C#Cc2ccc(C#Cc3cc(C)c(CC4CCC(C)CC4)c(C)c3)cc2)cc1. The van der Waals surface area contributed by atoms with Crippen molar-refractivity contribution in [1.29, 1.82) is 0 Å². The summed E-state index contributed by atoms with van der Waals surface area (Å²) in [6.45, 7) is 8.99. The summed E-state index contributed by atoms with van der Waals surface area (Å²) in [5.41, 5.74) is 9.74. The van der Waals surface area contributed by atoms with Crippen LogP contribution in [0.3, 0.4) is 0 Å². The minimum Gasteiger partial charge on any atom is -0.0625 e. The van der Waals surface area contributed by atoms with Crippen LogP contribution in [-0.2, 0) is 6.42 Å². The van der Waals surface area contributed by atoms with Gasteiger partial charge in [0.25, 0.3) is 0 Å². The molecule has 0 radical (unpaired) electrons. The van der Waals surface area contributed by atoms with Gasteiger partial charge in [0.2, 0.25) is 0 Å². The molecule has 0 heteroatoms. The molecule has 0 bridgehead atoms. The van der Waals surface area contributed by atoms with Crippen LogP contribution in [0.2, 0.25) is 0 Å². The van der Waals surface area contributed by atoms with Crippen LogP contribution in [0.4, 0.5) is 0 Å². The molecule has 0 nitrogen and oxygen atoms in total. The Bertz CT molecular complexity index is 1190. The standard InChI is InChI=1S/C33H34/c1-24-5-9-28(10-6-24)13-14-29-15-17-30(18-16-29)19-20-32-21-26(3)33(27(4)22-32)23-31-11-7-25(2)8-12-31/h5-6,9-10,15-18,21-22,25,31H,7-8,11-12,23H2,1-4H3. The molecule has 0 aromatic heterocycles. The van der Waals surface area contributed by atoms with E-state index in [0.29, 0.717) is 0 Å². The predicted octanol–water partition coefficient (Wildman–Crippen LogP) is 7.78. The van der Waals surface area contributed by atoms with Gasteiger partial charge >= 0.3 is 0 Å². The maximum atomic E-state index is 3.38. The number of hydrogen-bond acceptors (Lipinski definition) is 0. The van der Waals surface area contributed by atoms with Crippen LogP contribution in [0.5, 0.6) is 0 Å². The number of aryl methyl sites for hydroxylation is 3. The largest absolute Gasteiger partial charge is 0.0625 e. The Morgan fingerprint density at radius 1 is 0.606 bits per heavy atom. The summed E-state index contributed by atoms with van der Waals surface area (Å²) in [7, 11) is 0. The van der Waals surface area contributed by atoms with E-state index in [2.05, 4.69) is 112 Å². The van der Waals surface area contributed by atoms with Crippen LogP contribution in [0.25, 0.3) is 0 Å². The van der Waals surface area contributed by atoms with E-state index in [9.17, 15) is 0 Å². The molecule has 0 N–H and O–H groups in total. The van der Waals surface area contributed by atoms with Gasteiger partial charge in [0.1, 0.15) is 0 Å². The number of hydrogen-bond donors (Lipinski definition) is 0. The fourth-order valence-electron chi connectivity index (χ4n) is 4.77. The molecule has 0 aliphatic heterocycles. The lowest BCUT2D eigenvalue weighted by atomic mass is 9.79. The quantitative estimate of drug-likeness (QED) is 0.364. The Morgan fingerprint density at radius 3 is 1.52 bits per heavy atom. The molecule has 166 valence electrons. The lowest BCUT2D eigenvalue weighted by molar-refractivity contribution is 0.288. The molecule has 0 atom stereocenters. The average molecular weight is 431 g/mol. The van der Waals surface area contributed by atoms with Crippen LogP contribution in [-0.4, -0.2) is 0 Å². The molecule has 33 heavy (non-hydrogen) atoms. The second kappa shape index (κ2) is 10.6. The van der Waals surface area contributed by atoms with Crippen LogP contribution < -0.4 is 0 Å². The summed E-state index contributed by atoms with van der Waals surface area (Å²) >= 11 is 0. The van der Waals surface area contributed by atoms with Crippen LogP contribution in [0.15, 0.2) is 60.7 Å². The summed E-state index contributed by atoms with van der Waals surface area (Å²) < 4.78 is 0. The van der Waals surface area contributed by atoms with Gasteiger partial charge in [-0.1, -0.05) is 61.1 Å². The molecule has 1 fully saturated rings. The van der Waals surface area contributed by atoms with Crippen molar-refractivity contribution in [3.63, 3.8) is 0 Å². The Labute approximate surface area is 200 Å². The van der Waals surface area contributed by atoms with Gasteiger partial charge in [-0.05, 0) is 117 Å². The van der Waals surface area contributed by atoms with Crippen LogP contribution >= 0.6 is 0 Å². The van der Waals surface area contributed by atoms with E-state index in [-0.39, 0.29) is 0 Å². The van der Waals surface area contributed by atoms with E-state index in [0.717, 1.165) is 34.1 Å². The topological polar surface area (TPSA) is 0 Å². The molecule has 0 amide bonds. The number of benzene rings is 3. The van der Waals surface area contributed by atoms with E-state index in [4.69, 9.17) is 0 Å². The normalized spacial score (nSPS) is 17.5. The third-order valence-corrected chi connectivity index (χ3v) is 6.96. The van der Waals surface area contributed by atoms with Gasteiger partial charge in [0.05, 0.1) is 0 Å². The second-order valence-corrected chi connectivity index (χ2v) is 9.86. The molecular weight excluding hydrogens is 396 g/mol. The van der Waals surface area contributed by atoms with Crippen molar-refractivity contribution in [3.05, 3.63) is 105 Å². The fourth-order valence-corrected chi connectivity index (χ4v) is 4.77. The molecule has 3 aromatic rings. The first-order valence-electron chi connectivity index (χ1n) is 12.3. The molecule has 0 saturated heterocycles. The lowest BCUT2D eigenvalue weighted by Gasteiger charge is -2.27.